The van der Waals surface area contributed by atoms with Crippen LogP contribution in [0.1, 0.15) is 51.0 Å². The minimum Gasteiger partial charge on any atom is -0.462 e. The molecule has 0 amide bonds. The van der Waals surface area contributed by atoms with E-state index in [-0.39, 0.29) is 34.5 Å². The summed E-state index contributed by atoms with van der Waals surface area (Å²) in [6.45, 7) is 4.22. The van der Waals surface area contributed by atoms with Gasteiger partial charge in [-0.3, -0.25) is 0 Å². The lowest BCUT2D eigenvalue weighted by atomic mass is 9.82. The van der Waals surface area contributed by atoms with Gasteiger partial charge in [-0.25, -0.2) is 13.2 Å². The summed E-state index contributed by atoms with van der Waals surface area (Å²) in [7, 11) is 0. The van der Waals surface area contributed by atoms with E-state index >= 15 is 0 Å². The van der Waals surface area contributed by atoms with Crippen LogP contribution in [0.25, 0.3) is 11.1 Å². The van der Waals surface area contributed by atoms with Crippen LogP contribution in [0.15, 0.2) is 36.6 Å². The Morgan fingerprint density at radius 3 is 2.10 bits per heavy atom. The average molecular weight is 408 g/mol. The van der Waals surface area contributed by atoms with Crippen LogP contribution in [0, 0.1) is 23.3 Å². The van der Waals surface area contributed by atoms with Crippen LogP contribution in [0.5, 0.6) is 5.75 Å². The lowest BCUT2D eigenvalue weighted by Crippen LogP contribution is -2.21. The maximum absolute atomic E-state index is 14.8. The van der Waals surface area contributed by atoms with Gasteiger partial charge >= 0.3 is 0 Å². The van der Waals surface area contributed by atoms with Crippen LogP contribution >= 0.6 is 0 Å². The molecule has 2 aromatic rings. The minimum absolute atomic E-state index is 0.117. The Kier molecular flexibility index (Phi) is 6.96. The van der Waals surface area contributed by atoms with Crippen molar-refractivity contribution in [1.29, 1.82) is 0 Å². The molecular formula is C23H24F4O2. The third-order valence-electron chi connectivity index (χ3n) is 5.30. The highest BCUT2D eigenvalue weighted by atomic mass is 19.2. The summed E-state index contributed by atoms with van der Waals surface area (Å²) in [5.41, 5.74) is -0.392. The van der Waals surface area contributed by atoms with Crippen LogP contribution in [0.3, 0.4) is 0 Å². The summed E-state index contributed by atoms with van der Waals surface area (Å²) in [4.78, 5) is 0. The predicted octanol–water partition coefficient (Wildman–Crippen LogP) is 6.89. The standard InChI is InChI=1S/C23H24F4O2/c1-3-13-29-19-12-11-18(22(26)23(19)27)17-10-9-16(20(24)21(17)25)14-5-7-15(8-6-14)28-4-2/h3,9-15H,4-8H2,1-2H3/b13-3+. The van der Waals surface area contributed by atoms with E-state index in [0.29, 0.717) is 19.4 Å². The van der Waals surface area contributed by atoms with E-state index < -0.39 is 23.3 Å². The normalized spacial score (nSPS) is 19.7. The summed E-state index contributed by atoms with van der Waals surface area (Å²) in [5, 5.41) is 0. The van der Waals surface area contributed by atoms with Gasteiger partial charge in [0.25, 0.3) is 0 Å². The zero-order chi connectivity index (χ0) is 21.0. The Morgan fingerprint density at radius 1 is 0.862 bits per heavy atom. The predicted molar refractivity (Wildman–Crippen MR) is 104 cm³/mol. The van der Waals surface area contributed by atoms with E-state index in [4.69, 9.17) is 9.47 Å². The summed E-state index contributed by atoms with van der Waals surface area (Å²) in [6.07, 6.45) is 5.83. The molecule has 0 heterocycles. The maximum atomic E-state index is 14.8. The fourth-order valence-electron chi connectivity index (χ4n) is 3.84. The van der Waals surface area contributed by atoms with Gasteiger partial charge in [-0.2, -0.15) is 4.39 Å². The molecule has 0 unspecified atom stereocenters. The van der Waals surface area contributed by atoms with Gasteiger partial charge in [0.2, 0.25) is 5.82 Å². The summed E-state index contributed by atoms with van der Waals surface area (Å²) in [5.74, 6) is -5.15. The molecule has 2 aromatic carbocycles. The summed E-state index contributed by atoms with van der Waals surface area (Å²) < 4.78 is 68.8. The molecule has 6 heteroatoms. The zero-order valence-electron chi connectivity index (χ0n) is 16.5. The number of allylic oxidation sites excluding steroid dienone is 1. The molecule has 29 heavy (non-hydrogen) atoms. The molecule has 2 nitrogen and oxygen atoms in total. The van der Waals surface area contributed by atoms with Crippen molar-refractivity contribution in [2.45, 2.75) is 51.6 Å². The molecule has 1 aliphatic rings. The smallest absolute Gasteiger partial charge is 0.201 e. The van der Waals surface area contributed by atoms with Gasteiger partial charge in [0.1, 0.15) is 0 Å². The van der Waals surface area contributed by atoms with Crippen molar-refractivity contribution >= 4 is 0 Å². The Morgan fingerprint density at radius 2 is 1.48 bits per heavy atom. The molecule has 0 saturated heterocycles. The van der Waals surface area contributed by atoms with E-state index in [1.54, 1.807) is 6.92 Å². The Labute approximate surface area is 168 Å². The topological polar surface area (TPSA) is 18.5 Å². The summed E-state index contributed by atoms with van der Waals surface area (Å²) in [6, 6.07) is 5.16. The number of hydrogen-bond donors (Lipinski definition) is 0. The molecule has 156 valence electrons. The van der Waals surface area contributed by atoms with Crippen LogP contribution in [-0.4, -0.2) is 12.7 Å². The molecule has 0 atom stereocenters. The van der Waals surface area contributed by atoms with Gasteiger partial charge in [0.15, 0.2) is 23.2 Å². The number of ether oxygens (including phenoxy) is 2. The second-order valence-corrected chi connectivity index (χ2v) is 7.09. The monoisotopic (exact) mass is 408 g/mol. The van der Waals surface area contributed by atoms with Crippen molar-refractivity contribution in [2.24, 2.45) is 0 Å². The van der Waals surface area contributed by atoms with E-state index in [2.05, 4.69) is 0 Å². The third-order valence-corrected chi connectivity index (χ3v) is 5.30. The van der Waals surface area contributed by atoms with Crippen LogP contribution in [0.2, 0.25) is 0 Å². The molecule has 0 bridgehead atoms. The first-order chi connectivity index (χ1) is 14.0. The summed E-state index contributed by atoms with van der Waals surface area (Å²) >= 11 is 0. The van der Waals surface area contributed by atoms with Gasteiger partial charge in [-0.15, -0.1) is 0 Å². The van der Waals surface area contributed by atoms with Gasteiger partial charge < -0.3 is 9.47 Å². The molecule has 0 aliphatic heterocycles. The van der Waals surface area contributed by atoms with Crippen molar-refractivity contribution in [3.63, 3.8) is 0 Å². The Bertz CT molecular complexity index is 887. The number of halogens is 4. The second-order valence-electron chi connectivity index (χ2n) is 7.09. The Hall–Kier alpha value is -2.34. The second kappa shape index (κ2) is 9.44. The highest BCUT2D eigenvalue weighted by molar-refractivity contribution is 5.66. The van der Waals surface area contributed by atoms with E-state index in [0.717, 1.165) is 12.8 Å². The largest absolute Gasteiger partial charge is 0.462 e. The molecule has 0 spiro atoms. The van der Waals surface area contributed by atoms with Crippen molar-refractivity contribution in [1.82, 2.24) is 0 Å². The van der Waals surface area contributed by atoms with Crippen molar-refractivity contribution in [2.75, 3.05) is 6.61 Å². The molecule has 0 N–H and O–H groups in total. The SMILES string of the molecule is C/C=C/Oc1ccc(-c2ccc(C3CCC(OCC)CC3)c(F)c2F)c(F)c1F. The molecule has 1 saturated carbocycles. The zero-order valence-corrected chi connectivity index (χ0v) is 16.5. The fraction of sp³-hybridized carbons (Fsp3) is 0.391. The fourth-order valence-corrected chi connectivity index (χ4v) is 3.84. The first kappa shape index (κ1) is 21.4. The van der Waals surface area contributed by atoms with Crippen molar-refractivity contribution in [3.05, 3.63) is 65.4 Å². The lowest BCUT2D eigenvalue weighted by molar-refractivity contribution is 0.0325. The molecular weight excluding hydrogens is 384 g/mol. The highest BCUT2D eigenvalue weighted by Gasteiger charge is 2.27. The van der Waals surface area contributed by atoms with E-state index in [1.165, 1.54) is 36.6 Å². The van der Waals surface area contributed by atoms with Gasteiger partial charge in [0, 0.05) is 17.7 Å². The first-order valence-electron chi connectivity index (χ1n) is 9.83. The van der Waals surface area contributed by atoms with E-state index in [9.17, 15) is 17.6 Å². The third kappa shape index (κ3) is 4.47. The van der Waals surface area contributed by atoms with Crippen LogP contribution < -0.4 is 4.74 Å². The maximum Gasteiger partial charge on any atom is 0.201 e. The molecule has 3 rings (SSSR count). The van der Waals surface area contributed by atoms with Crippen molar-refractivity contribution in [3.8, 4) is 16.9 Å². The van der Waals surface area contributed by atoms with E-state index in [1.807, 2.05) is 6.92 Å². The van der Waals surface area contributed by atoms with Gasteiger partial charge in [-0.05, 0) is 63.1 Å². The number of hydrogen-bond acceptors (Lipinski definition) is 2. The molecule has 0 aromatic heterocycles. The number of rotatable bonds is 6. The van der Waals surface area contributed by atoms with Crippen LogP contribution in [0.4, 0.5) is 17.6 Å². The lowest BCUT2D eigenvalue weighted by Gasteiger charge is -2.29. The molecule has 1 aliphatic carbocycles. The Balaban J connectivity index is 1.88. The molecule has 0 radical (unpaired) electrons. The van der Waals surface area contributed by atoms with Crippen LogP contribution in [-0.2, 0) is 4.74 Å². The number of benzene rings is 2. The highest BCUT2D eigenvalue weighted by Crippen LogP contribution is 2.39. The quantitative estimate of drug-likeness (QED) is 0.383. The first-order valence-corrected chi connectivity index (χ1v) is 9.83. The minimum atomic E-state index is -1.28. The van der Waals surface area contributed by atoms with Gasteiger partial charge in [-0.1, -0.05) is 18.2 Å². The molecule has 1 fully saturated rings. The average Bonchev–Trinajstić information content (AvgIpc) is 2.73. The van der Waals surface area contributed by atoms with Crippen molar-refractivity contribution < 1.29 is 27.0 Å². The van der Waals surface area contributed by atoms with Gasteiger partial charge in [0.05, 0.1) is 12.4 Å².